The smallest absolute Gasteiger partial charge is 0.108 e. The highest BCUT2D eigenvalue weighted by atomic mass is 32.1. The second-order valence-corrected chi connectivity index (χ2v) is 9.47. The molecule has 1 saturated heterocycles. The van der Waals surface area contributed by atoms with E-state index in [-0.39, 0.29) is 0 Å². The molecular weight excluding hydrogens is 376 g/mol. The zero-order chi connectivity index (χ0) is 20.4. The van der Waals surface area contributed by atoms with Gasteiger partial charge in [-0.25, -0.2) is 4.98 Å². The van der Waals surface area contributed by atoms with Crippen molar-refractivity contribution >= 4 is 27.2 Å². The minimum absolute atomic E-state index is 0.612. The van der Waals surface area contributed by atoms with Gasteiger partial charge in [0.2, 0.25) is 0 Å². The lowest BCUT2D eigenvalue weighted by Gasteiger charge is -2.36. The van der Waals surface area contributed by atoms with Crippen LogP contribution in [0.2, 0.25) is 0 Å². The van der Waals surface area contributed by atoms with Gasteiger partial charge in [0, 0.05) is 26.2 Å². The van der Waals surface area contributed by atoms with Gasteiger partial charge in [-0.2, -0.15) is 5.26 Å². The largest absolute Gasteiger partial charge is 0.368 e. The molecule has 2 heterocycles. The van der Waals surface area contributed by atoms with Crippen LogP contribution in [0.5, 0.6) is 0 Å². The molecule has 29 heavy (non-hydrogen) atoms. The maximum atomic E-state index is 9.72. The lowest BCUT2D eigenvalue weighted by Crippen LogP contribution is -2.46. The minimum atomic E-state index is 0.612. The van der Waals surface area contributed by atoms with Crippen LogP contribution in [-0.4, -0.2) is 36.1 Å². The fraction of sp³-hybridized carbons (Fsp3) is 0.417. The number of rotatable bonds is 5. The second kappa shape index (κ2) is 8.52. The molecule has 0 spiro atoms. The minimum Gasteiger partial charge on any atom is -0.368 e. The molecule has 2 aromatic carbocycles. The molecule has 0 radical (unpaired) electrons. The van der Waals surface area contributed by atoms with Crippen LogP contribution in [0.4, 0.5) is 5.69 Å². The van der Waals surface area contributed by atoms with E-state index >= 15 is 0 Å². The highest BCUT2D eigenvalue weighted by Crippen LogP contribution is 2.28. The summed E-state index contributed by atoms with van der Waals surface area (Å²) in [7, 11) is 0. The predicted molar refractivity (Wildman–Crippen MR) is 122 cm³/mol. The van der Waals surface area contributed by atoms with Gasteiger partial charge in [-0.1, -0.05) is 32.0 Å². The summed E-state index contributed by atoms with van der Waals surface area (Å²) < 4.78 is 1.26. The van der Waals surface area contributed by atoms with Crippen LogP contribution in [0.25, 0.3) is 10.2 Å². The fourth-order valence-corrected chi connectivity index (χ4v) is 5.16. The average molecular weight is 405 g/mol. The van der Waals surface area contributed by atoms with Crippen LogP contribution in [0.3, 0.4) is 0 Å². The molecule has 150 valence electrons. The second-order valence-electron chi connectivity index (χ2n) is 8.36. The summed E-state index contributed by atoms with van der Waals surface area (Å²) in [6.07, 6.45) is 1.05. The maximum Gasteiger partial charge on any atom is 0.108 e. The summed E-state index contributed by atoms with van der Waals surface area (Å²) in [4.78, 5) is 9.65. The molecule has 0 atom stereocenters. The molecule has 0 saturated carbocycles. The summed E-state index contributed by atoms with van der Waals surface area (Å²) in [6, 6.07) is 15.2. The van der Waals surface area contributed by atoms with Crippen molar-refractivity contribution < 1.29 is 0 Å². The number of hydrogen-bond acceptors (Lipinski definition) is 5. The van der Waals surface area contributed by atoms with Crippen LogP contribution in [-0.2, 0) is 13.0 Å². The third-order valence-corrected chi connectivity index (χ3v) is 6.56. The van der Waals surface area contributed by atoms with E-state index < -0.39 is 0 Å². The highest BCUT2D eigenvalue weighted by molar-refractivity contribution is 7.18. The predicted octanol–water partition coefficient (Wildman–Crippen LogP) is 5.00. The molecule has 0 bridgehead atoms. The Bertz CT molecular complexity index is 1010. The van der Waals surface area contributed by atoms with Gasteiger partial charge in [-0.3, -0.25) is 4.90 Å². The van der Waals surface area contributed by atoms with Crippen LogP contribution < -0.4 is 4.90 Å². The number of aromatic nitrogens is 1. The summed E-state index contributed by atoms with van der Waals surface area (Å²) in [5.74, 6) is 0.612. The molecule has 4 nitrogen and oxygen atoms in total. The zero-order valence-electron chi connectivity index (χ0n) is 17.5. The van der Waals surface area contributed by atoms with E-state index in [9.17, 15) is 5.26 Å². The molecule has 3 aromatic rings. The number of nitriles is 1. The van der Waals surface area contributed by atoms with Crippen LogP contribution in [0.15, 0.2) is 36.4 Å². The van der Waals surface area contributed by atoms with Crippen molar-refractivity contribution in [3.05, 3.63) is 58.1 Å². The number of hydrogen-bond donors (Lipinski definition) is 0. The standard InChI is InChI=1S/C24H28N4S/c1-17(2)12-19-13-18(3)20(15-25)22(14-19)28-10-8-27(9-11-28)16-24-26-21-6-4-5-7-23(21)29-24/h4-7,13-14,17H,8-12,16H2,1-3H3. The van der Waals surface area contributed by atoms with Gasteiger partial charge in [0.25, 0.3) is 0 Å². The number of thiazole rings is 1. The summed E-state index contributed by atoms with van der Waals surface area (Å²) >= 11 is 1.79. The van der Waals surface area contributed by atoms with Gasteiger partial charge in [-0.05, 0) is 48.6 Å². The van der Waals surface area contributed by atoms with Gasteiger partial charge in [0.05, 0.1) is 28.0 Å². The number of aryl methyl sites for hydroxylation is 1. The zero-order valence-corrected chi connectivity index (χ0v) is 18.3. The van der Waals surface area contributed by atoms with E-state index in [4.69, 9.17) is 4.98 Å². The van der Waals surface area contributed by atoms with Crippen molar-refractivity contribution in [2.24, 2.45) is 5.92 Å². The average Bonchev–Trinajstić information content (AvgIpc) is 3.10. The molecule has 1 aliphatic rings. The van der Waals surface area contributed by atoms with Crippen molar-refractivity contribution in [3.63, 3.8) is 0 Å². The van der Waals surface area contributed by atoms with E-state index in [0.29, 0.717) is 5.92 Å². The van der Waals surface area contributed by atoms with Gasteiger partial charge < -0.3 is 4.90 Å². The molecule has 5 heteroatoms. The van der Waals surface area contributed by atoms with E-state index in [1.54, 1.807) is 11.3 Å². The third-order valence-electron chi connectivity index (χ3n) is 5.54. The topological polar surface area (TPSA) is 43.2 Å². The quantitative estimate of drug-likeness (QED) is 0.600. The Hall–Kier alpha value is -2.42. The van der Waals surface area contributed by atoms with Gasteiger partial charge in [0.15, 0.2) is 0 Å². The van der Waals surface area contributed by atoms with Crippen LogP contribution in [0, 0.1) is 24.2 Å². The van der Waals surface area contributed by atoms with Crippen molar-refractivity contribution in [2.75, 3.05) is 31.1 Å². The van der Waals surface area contributed by atoms with Crippen molar-refractivity contribution in [2.45, 2.75) is 33.7 Å². The molecule has 0 N–H and O–H groups in total. The molecule has 0 aliphatic carbocycles. The number of benzene rings is 2. The SMILES string of the molecule is Cc1cc(CC(C)C)cc(N2CCN(Cc3nc4ccccc4s3)CC2)c1C#N. The molecule has 1 fully saturated rings. The Kier molecular flexibility index (Phi) is 5.84. The number of fused-ring (bicyclic) bond motifs is 1. The first-order valence-electron chi connectivity index (χ1n) is 10.4. The summed E-state index contributed by atoms with van der Waals surface area (Å²) in [5.41, 5.74) is 5.48. The Labute approximate surface area is 177 Å². The maximum absolute atomic E-state index is 9.72. The number of anilines is 1. The summed E-state index contributed by atoms with van der Waals surface area (Å²) in [5, 5.41) is 10.9. The highest BCUT2D eigenvalue weighted by Gasteiger charge is 2.22. The fourth-order valence-electron chi connectivity index (χ4n) is 4.15. The van der Waals surface area contributed by atoms with E-state index in [0.717, 1.165) is 61.5 Å². The van der Waals surface area contributed by atoms with Crippen LogP contribution >= 0.6 is 11.3 Å². The Balaban J connectivity index is 1.46. The van der Waals surface area contributed by atoms with Crippen molar-refractivity contribution in [1.82, 2.24) is 9.88 Å². The normalized spacial score (nSPS) is 15.2. The van der Waals surface area contributed by atoms with Gasteiger partial charge >= 0.3 is 0 Å². The molecule has 1 aliphatic heterocycles. The van der Waals surface area contributed by atoms with E-state index in [1.165, 1.54) is 15.3 Å². The van der Waals surface area contributed by atoms with Gasteiger partial charge in [0.1, 0.15) is 11.1 Å². The lowest BCUT2D eigenvalue weighted by molar-refractivity contribution is 0.249. The van der Waals surface area contributed by atoms with E-state index in [2.05, 4.69) is 67.0 Å². The third kappa shape index (κ3) is 4.44. The first-order valence-corrected chi connectivity index (χ1v) is 11.2. The Morgan fingerprint density at radius 1 is 1.14 bits per heavy atom. The number of nitrogens with zero attached hydrogens (tertiary/aromatic N) is 4. The molecule has 1 aromatic heterocycles. The first-order chi connectivity index (χ1) is 14.0. The number of piperazine rings is 1. The Morgan fingerprint density at radius 3 is 2.59 bits per heavy atom. The van der Waals surface area contributed by atoms with Crippen LogP contribution in [0.1, 0.15) is 35.5 Å². The molecular formula is C24H28N4S. The van der Waals surface area contributed by atoms with Gasteiger partial charge in [-0.15, -0.1) is 11.3 Å². The van der Waals surface area contributed by atoms with E-state index in [1.807, 2.05) is 6.07 Å². The van der Waals surface area contributed by atoms with Crippen molar-refractivity contribution in [1.29, 1.82) is 5.26 Å². The molecule has 4 rings (SSSR count). The molecule has 0 unspecified atom stereocenters. The van der Waals surface area contributed by atoms with Crippen molar-refractivity contribution in [3.8, 4) is 6.07 Å². The Morgan fingerprint density at radius 2 is 1.90 bits per heavy atom. The lowest BCUT2D eigenvalue weighted by atomic mass is 9.96. The summed E-state index contributed by atoms with van der Waals surface area (Å²) in [6.45, 7) is 11.3. The number of para-hydroxylation sites is 1. The monoisotopic (exact) mass is 404 g/mol. The first kappa shape index (κ1) is 19.9. The molecule has 0 amide bonds.